The number of aromatic amines is 1. The minimum atomic E-state index is -0.150. The summed E-state index contributed by atoms with van der Waals surface area (Å²) in [6.45, 7) is 3.70. The minimum Gasteiger partial charge on any atom is -0.361 e. The zero-order valence-corrected chi connectivity index (χ0v) is 16.7. The number of piperidine rings is 1. The van der Waals surface area contributed by atoms with Crippen molar-refractivity contribution in [2.45, 2.75) is 44.9 Å². The maximum atomic E-state index is 13.5. The molecule has 28 heavy (non-hydrogen) atoms. The van der Waals surface area contributed by atoms with Crippen molar-refractivity contribution in [2.75, 3.05) is 19.6 Å². The van der Waals surface area contributed by atoms with Gasteiger partial charge < -0.3 is 9.88 Å². The van der Waals surface area contributed by atoms with E-state index in [1.54, 1.807) is 6.07 Å². The molecule has 0 radical (unpaired) electrons. The van der Waals surface area contributed by atoms with E-state index in [1.165, 1.54) is 68.9 Å². The van der Waals surface area contributed by atoms with Crippen LogP contribution < -0.4 is 0 Å². The van der Waals surface area contributed by atoms with Crippen molar-refractivity contribution in [2.24, 2.45) is 5.92 Å². The molecule has 0 amide bonds. The van der Waals surface area contributed by atoms with E-state index in [0.29, 0.717) is 0 Å². The third-order valence-electron chi connectivity index (χ3n) is 6.19. The van der Waals surface area contributed by atoms with Crippen molar-refractivity contribution >= 4 is 10.9 Å². The number of halogens is 1. The number of aromatic nitrogens is 1. The average Bonchev–Trinajstić information content (AvgIpc) is 3.13. The van der Waals surface area contributed by atoms with Crippen molar-refractivity contribution in [1.82, 2.24) is 9.88 Å². The third-order valence-corrected chi connectivity index (χ3v) is 6.19. The summed E-state index contributed by atoms with van der Waals surface area (Å²) in [5.41, 5.74) is 3.75. The van der Waals surface area contributed by atoms with Gasteiger partial charge in [-0.2, -0.15) is 0 Å². The molecular formula is C25H31FN2. The number of nitrogens with zero attached hydrogens (tertiary/aromatic N) is 1. The first-order chi connectivity index (χ1) is 13.8. The fourth-order valence-corrected chi connectivity index (χ4v) is 4.61. The quantitative estimate of drug-likeness (QED) is 0.478. The highest BCUT2D eigenvalue weighted by molar-refractivity contribution is 5.83. The molecule has 0 aliphatic carbocycles. The first-order valence-corrected chi connectivity index (χ1v) is 10.8. The van der Waals surface area contributed by atoms with Crippen LogP contribution in [0.1, 0.15) is 43.2 Å². The first-order valence-electron chi connectivity index (χ1n) is 10.8. The second-order valence-corrected chi connectivity index (χ2v) is 8.29. The summed E-state index contributed by atoms with van der Waals surface area (Å²) in [6.07, 6.45) is 10.7. The number of unbranched alkanes of at least 4 members (excludes halogenated alkanes) is 1. The lowest BCUT2D eigenvalue weighted by atomic mass is 9.91. The Balaban J connectivity index is 1.20. The topological polar surface area (TPSA) is 19.0 Å². The van der Waals surface area contributed by atoms with Gasteiger partial charge in [-0.05, 0) is 93.3 Å². The summed E-state index contributed by atoms with van der Waals surface area (Å²) >= 11 is 0. The summed E-state index contributed by atoms with van der Waals surface area (Å²) in [5.74, 6) is 0.689. The van der Waals surface area contributed by atoms with Crippen LogP contribution in [0.4, 0.5) is 4.39 Å². The van der Waals surface area contributed by atoms with Gasteiger partial charge in [-0.3, -0.25) is 0 Å². The first kappa shape index (κ1) is 19.2. The van der Waals surface area contributed by atoms with E-state index in [1.807, 2.05) is 12.3 Å². The molecule has 3 aromatic rings. The molecule has 1 fully saturated rings. The number of fused-ring (bicyclic) bond motifs is 1. The Bertz CT molecular complexity index is 871. The Kier molecular flexibility index (Phi) is 6.43. The van der Waals surface area contributed by atoms with Gasteiger partial charge in [-0.15, -0.1) is 0 Å². The Morgan fingerprint density at radius 2 is 1.93 bits per heavy atom. The summed E-state index contributed by atoms with van der Waals surface area (Å²) < 4.78 is 13.5. The van der Waals surface area contributed by atoms with E-state index >= 15 is 0 Å². The monoisotopic (exact) mass is 378 g/mol. The molecule has 2 nitrogen and oxygen atoms in total. The lowest BCUT2D eigenvalue weighted by molar-refractivity contribution is 0.166. The van der Waals surface area contributed by atoms with Gasteiger partial charge in [0, 0.05) is 23.6 Å². The number of hydrogen-bond acceptors (Lipinski definition) is 1. The second-order valence-electron chi connectivity index (χ2n) is 8.29. The Hall–Kier alpha value is -2.13. The number of likely N-dealkylation sites (tertiary alicyclic amines) is 1. The standard InChI is InChI=1S/C25H31FN2/c26-23-13-14-25-24(17-23)22(18-27-25)10-4-5-15-28-16-6-9-21(19-28)12-11-20-7-2-1-3-8-20/h1-3,7-8,13-14,17-18,21,27H,4-6,9-12,15-16,19H2. The third kappa shape index (κ3) is 5.02. The van der Waals surface area contributed by atoms with Crippen LogP contribution in [0.5, 0.6) is 0 Å². The van der Waals surface area contributed by atoms with Gasteiger partial charge in [0.1, 0.15) is 5.82 Å². The van der Waals surface area contributed by atoms with E-state index < -0.39 is 0 Å². The van der Waals surface area contributed by atoms with Crippen LogP contribution in [0.25, 0.3) is 10.9 Å². The van der Waals surface area contributed by atoms with Gasteiger partial charge in [0.25, 0.3) is 0 Å². The molecule has 1 aliphatic rings. The number of hydrogen-bond donors (Lipinski definition) is 1. The molecule has 1 aromatic heterocycles. The molecule has 2 heterocycles. The van der Waals surface area contributed by atoms with Crippen molar-refractivity contribution in [3.63, 3.8) is 0 Å². The van der Waals surface area contributed by atoms with Gasteiger partial charge in [0.2, 0.25) is 0 Å². The minimum absolute atomic E-state index is 0.150. The highest BCUT2D eigenvalue weighted by Gasteiger charge is 2.19. The Morgan fingerprint density at radius 1 is 1.04 bits per heavy atom. The van der Waals surface area contributed by atoms with E-state index in [-0.39, 0.29) is 5.82 Å². The fraction of sp³-hybridized carbons (Fsp3) is 0.440. The number of rotatable bonds is 8. The summed E-state index contributed by atoms with van der Waals surface area (Å²) in [7, 11) is 0. The zero-order valence-electron chi connectivity index (χ0n) is 16.7. The molecule has 1 aliphatic heterocycles. The molecule has 4 rings (SSSR count). The van der Waals surface area contributed by atoms with Crippen LogP contribution in [-0.4, -0.2) is 29.5 Å². The van der Waals surface area contributed by atoms with E-state index in [2.05, 4.69) is 40.2 Å². The molecule has 0 bridgehead atoms. The maximum Gasteiger partial charge on any atom is 0.123 e. The van der Waals surface area contributed by atoms with E-state index in [9.17, 15) is 4.39 Å². The summed E-state index contributed by atoms with van der Waals surface area (Å²) in [6, 6.07) is 15.9. The van der Waals surface area contributed by atoms with Crippen LogP contribution in [-0.2, 0) is 12.8 Å². The number of aryl methyl sites for hydroxylation is 2. The van der Waals surface area contributed by atoms with Gasteiger partial charge in [-0.25, -0.2) is 4.39 Å². The van der Waals surface area contributed by atoms with Crippen LogP contribution in [0.15, 0.2) is 54.7 Å². The number of H-pyrrole nitrogens is 1. The molecule has 1 saturated heterocycles. The summed E-state index contributed by atoms with van der Waals surface area (Å²) in [5, 5.41) is 1.04. The maximum absolute atomic E-state index is 13.5. The smallest absolute Gasteiger partial charge is 0.123 e. The fourth-order valence-electron chi connectivity index (χ4n) is 4.61. The van der Waals surface area contributed by atoms with Crippen LogP contribution >= 0.6 is 0 Å². The lowest BCUT2D eigenvalue weighted by Gasteiger charge is -2.32. The molecule has 2 aromatic carbocycles. The molecule has 1 unspecified atom stereocenters. The predicted octanol–water partition coefficient (Wildman–Crippen LogP) is 5.97. The highest BCUT2D eigenvalue weighted by Crippen LogP contribution is 2.23. The molecule has 1 N–H and O–H groups in total. The molecule has 0 spiro atoms. The van der Waals surface area contributed by atoms with Crippen molar-refractivity contribution in [3.8, 4) is 0 Å². The molecule has 148 valence electrons. The molecule has 1 atom stereocenters. The van der Waals surface area contributed by atoms with Crippen LogP contribution in [0, 0.1) is 11.7 Å². The average molecular weight is 379 g/mol. The van der Waals surface area contributed by atoms with E-state index in [0.717, 1.165) is 29.7 Å². The van der Waals surface area contributed by atoms with Crippen molar-refractivity contribution in [3.05, 3.63) is 71.7 Å². The Morgan fingerprint density at radius 3 is 2.82 bits per heavy atom. The Labute approximate surface area is 167 Å². The molecular weight excluding hydrogens is 347 g/mol. The SMILES string of the molecule is Fc1ccc2[nH]cc(CCCCN3CCCC(CCc4ccccc4)C3)c2c1. The summed E-state index contributed by atoms with van der Waals surface area (Å²) in [4.78, 5) is 5.92. The lowest BCUT2D eigenvalue weighted by Crippen LogP contribution is -2.36. The van der Waals surface area contributed by atoms with E-state index in [4.69, 9.17) is 0 Å². The molecule has 0 saturated carbocycles. The van der Waals surface area contributed by atoms with Gasteiger partial charge in [0.15, 0.2) is 0 Å². The zero-order chi connectivity index (χ0) is 19.2. The van der Waals surface area contributed by atoms with Crippen molar-refractivity contribution < 1.29 is 4.39 Å². The molecule has 3 heteroatoms. The number of benzene rings is 2. The highest BCUT2D eigenvalue weighted by atomic mass is 19.1. The van der Waals surface area contributed by atoms with Crippen molar-refractivity contribution in [1.29, 1.82) is 0 Å². The van der Waals surface area contributed by atoms with Crippen LogP contribution in [0.3, 0.4) is 0 Å². The van der Waals surface area contributed by atoms with Gasteiger partial charge in [0.05, 0.1) is 0 Å². The normalized spacial score (nSPS) is 18.0. The second kappa shape index (κ2) is 9.38. The van der Waals surface area contributed by atoms with Crippen LogP contribution in [0.2, 0.25) is 0 Å². The largest absolute Gasteiger partial charge is 0.361 e. The number of nitrogens with one attached hydrogen (secondary N) is 1. The van der Waals surface area contributed by atoms with Gasteiger partial charge >= 0.3 is 0 Å². The van der Waals surface area contributed by atoms with Gasteiger partial charge in [-0.1, -0.05) is 30.3 Å². The predicted molar refractivity (Wildman–Crippen MR) is 115 cm³/mol.